The molecule has 1 unspecified atom stereocenters. The van der Waals surface area contributed by atoms with Crippen molar-refractivity contribution in [1.82, 2.24) is 4.98 Å². The third-order valence-corrected chi connectivity index (χ3v) is 2.20. The second-order valence-electron chi connectivity index (χ2n) is 3.88. The summed E-state index contributed by atoms with van der Waals surface area (Å²) in [5, 5.41) is 11.6. The summed E-state index contributed by atoms with van der Waals surface area (Å²) in [7, 11) is 0. The van der Waals surface area contributed by atoms with Crippen LogP contribution in [-0.4, -0.2) is 28.5 Å². The van der Waals surface area contributed by atoms with Crippen LogP contribution in [-0.2, 0) is 4.79 Å². The number of nitrogens with one attached hydrogen (secondary N) is 1. The van der Waals surface area contributed by atoms with E-state index in [0.29, 0.717) is 17.9 Å². The maximum atomic E-state index is 10.9. The van der Waals surface area contributed by atoms with Gasteiger partial charge in [0, 0.05) is 24.7 Å². The Bertz CT molecular complexity index is 420. The Morgan fingerprint density at radius 1 is 1.59 bits per heavy atom. The second kappa shape index (κ2) is 5.83. The highest BCUT2D eigenvalue weighted by Gasteiger charge is 2.08. The van der Waals surface area contributed by atoms with E-state index in [4.69, 9.17) is 10.8 Å². The van der Waals surface area contributed by atoms with Gasteiger partial charge in [-0.25, -0.2) is 4.98 Å². The highest BCUT2D eigenvalue weighted by atomic mass is 16.4. The highest BCUT2D eigenvalue weighted by Crippen LogP contribution is 2.08. The molecular weight excluding hydrogens is 222 g/mol. The van der Waals surface area contributed by atoms with E-state index < -0.39 is 11.9 Å². The van der Waals surface area contributed by atoms with Crippen LogP contribution in [0.4, 0.5) is 5.82 Å². The number of anilines is 1. The second-order valence-corrected chi connectivity index (χ2v) is 3.88. The third kappa shape index (κ3) is 4.50. The van der Waals surface area contributed by atoms with E-state index in [2.05, 4.69) is 10.3 Å². The minimum Gasteiger partial charge on any atom is -0.481 e. The molecule has 1 aromatic rings. The first-order valence-electron chi connectivity index (χ1n) is 5.20. The van der Waals surface area contributed by atoms with Gasteiger partial charge in [-0.2, -0.15) is 0 Å². The molecule has 1 atom stereocenters. The molecule has 1 aromatic heterocycles. The molecule has 0 saturated heterocycles. The Morgan fingerprint density at radius 3 is 2.88 bits per heavy atom. The SMILES string of the molecule is CC(CNc1cc(C(N)=O)ccn1)CC(=O)O. The summed E-state index contributed by atoms with van der Waals surface area (Å²) in [6.45, 7) is 2.29. The predicted molar refractivity (Wildman–Crippen MR) is 62.7 cm³/mol. The Morgan fingerprint density at radius 2 is 2.29 bits per heavy atom. The molecule has 17 heavy (non-hydrogen) atoms. The third-order valence-electron chi connectivity index (χ3n) is 2.20. The lowest BCUT2D eigenvalue weighted by Gasteiger charge is -2.10. The fourth-order valence-electron chi connectivity index (χ4n) is 1.33. The van der Waals surface area contributed by atoms with Crippen molar-refractivity contribution in [2.24, 2.45) is 11.7 Å². The Kier molecular flexibility index (Phi) is 4.45. The summed E-state index contributed by atoms with van der Waals surface area (Å²) in [5.41, 5.74) is 5.50. The minimum absolute atomic E-state index is 0.0217. The van der Waals surface area contributed by atoms with Crippen LogP contribution in [0.15, 0.2) is 18.3 Å². The maximum absolute atomic E-state index is 10.9. The van der Waals surface area contributed by atoms with Gasteiger partial charge in [-0.1, -0.05) is 6.92 Å². The van der Waals surface area contributed by atoms with Crippen molar-refractivity contribution in [1.29, 1.82) is 0 Å². The molecule has 0 aliphatic rings. The molecule has 0 spiro atoms. The predicted octanol–water partition coefficient (Wildman–Crippen LogP) is 0.703. The topological polar surface area (TPSA) is 105 Å². The van der Waals surface area contributed by atoms with E-state index in [1.54, 1.807) is 0 Å². The fraction of sp³-hybridized carbons (Fsp3) is 0.364. The number of primary amides is 1. The summed E-state index contributed by atoms with van der Waals surface area (Å²) >= 11 is 0. The largest absolute Gasteiger partial charge is 0.481 e. The lowest BCUT2D eigenvalue weighted by molar-refractivity contribution is -0.137. The first kappa shape index (κ1) is 13.0. The Hall–Kier alpha value is -2.11. The van der Waals surface area contributed by atoms with Crippen molar-refractivity contribution in [2.45, 2.75) is 13.3 Å². The van der Waals surface area contributed by atoms with Gasteiger partial charge in [0.25, 0.3) is 0 Å². The normalized spacial score (nSPS) is 11.8. The number of nitrogens with two attached hydrogens (primary N) is 1. The molecule has 0 aromatic carbocycles. The lowest BCUT2D eigenvalue weighted by Crippen LogP contribution is -2.16. The number of hydrogen-bond acceptors (Lipinski definition) is 4. The first-order valence-corrected chi connectivity index (χ1v) is 5.20. The quantitative estimate of drug-likeness (QED) is 0.675. The maximum Gasteiger partial charge on any atom is 0.303 e. The molecule has 0 aliphatic heterocycles. The molecule has 4 N–H and O–H groups in total. The van der Waals surface area contributed by atoms with E-state index in [9.17, 15) is 9.59 Å². The average Bonchev–Trinajstić information content (AvgIpc) is 2.26. The van der Waals surface area contributed by atoms with Gasteiger partial charge in [-0.05, 0) is 18.1 Å². The molecule has 0 fully saturated rings. The number of pyridine rings is 1. The van der Waals surface area contributed by atoms with Gasteiger partial charge in [-0.3, -0.25) is 9.59 Å². The molecule has 6 nitrogen and oxygen atoms in total. The number of carbonyl (C=O) groups excluding carboxylic acids is 1. The Balaban J connectivity index is 2.54. The van der Waals surface area contributed by atoms with E-state index >= 15 is 0 Å². The van der Waals surface area contributed by atoms with Crippen molar-refractivity contribution in [2.75, 3.05) is 11.9 Å². The van der Waals surface area contributed by atoms with Crippen molar-refractivity contribution < 1.29 is 14.7 Å². The highest BCUT2D eigenvalue weighted by molar-refractivity contribution is 5.93. The van der Waals surface area contributed by atoms with Crippen LogP contribution in [0, 0.1) is 5.92 Å². The minimum atomic E-state index is -0.835. The van der Waals surface area contributed by atoms with Gasteiger partial charge in [0.05, 0.1) is 0 Å². The molecule has 6 heteroatoms. The molecule has 0 radical (unpaired) electrons. The number of carbonyl (C=O) groups is 2. The standard InChI is InChI=1S/C11H15N3O3/c1-7(4-10(15)16)6-14-9-5-8(11(12)17)2-3-13-9/h2-3,5,7H,4,6H2,1H3,(H2,12,17)(H,13,14)(H,15,16). The first-order chi connectivity index (χ1) is 7.99. The van der Waals surface area contributed by atoms with Gasteiger partial charge >= 0.3 is 5.97 Å². The van der Waals surface area contributed by atoms with Crippen molar-refractivity contribution >= 4 is 17.7 Å². The van der Waals surface area contributed by atoms with E-state index in [1.807, 2.05) is 6.92 Å². The number of carboxylic acid groups (broad SMARTS) is 1. The number of aromatic nitrogens is 1. The van der Waals surface area contributed by atoms with Gasteiger partial charge in [0.1, 0.15) is 5.82 Å². The van der Waals surface area contributed by atoms with Crippen LogP contribution in [0.5, 0.6) is 0 Å². The van der Waals surface area contributed by atoms with Crippen LogP contribution in [0.25, 0.3) is 0 Å². The van der Waals surface area contributed by atoms with Crippen LogP contribution in [0.1, 0.15) is 23.7 Å². The lowest BCUT2D eigenvalue weighted by atomic mass is 10.1. The number of aliphatic carboxylic acids is 1. The van der Waals surface area contributed by atoms with E-state index in [-0.39, 0.29) is 12.3 Å². The van der Waals surface area contributed by atoms with Crippen LogP contribution < -0.4 is 11.1 Å². The van der Waals surface area contributed by atoms with Crippen molar-refractivity contribution in [3.8, 4) is 0 Å². The van der Waals surface area contributed by atoms with E-state index in [0.717, 1.165) is 0 Å². The van der Waals surface area contributed by atoms with Crippen molar-refractivity contribution in [3.05, 3.63) is 23.9 Å². The zero-order valence-corrected chi connectivity index (χ0v) is 9.51. The summed E-state index contributed by atoms with van der Waals surface area (Å²) in [6.07, 6.45) is 1.56. The monoisotopic (exact) mass is 237 g/mol. The molecule has 1 heterocycles. The van der Waals surface area contributed by atoms with Gasteiger partial charge < -0.3 is 16.2 Å². The fourth-order valence-corrected chi connectivity index (χ4v) is 1.33. The summed E-state index contributed by atoms with van der Waals surface area (Å²) in [5.74, 6) is -0.864. The molecule has 0 bridgehead atoms. The van der Waals surface area contributed by atoms with Gasteiger partial charge in [0.15, 0.2) is 0 Å². The number of rotatable bonds is 6. The molecule has 92 valence electrons. The van der Waals surface area contributed by atoms with Crippen LogP contribution >= 0.6 is 0 Å². The van der Waals surface area contributed by atoms with Gasteiger partial charge in [-0.15, -0.1) is 0 Å². The molecule has 0 saturated carbocycles. The van der Waals surface area contributed by atoms with E-state index in [1.165, 1.54) is 18.3 Å². The summed E-state index contributed by atoms with van der Waals surface area (Å²) in [4.78, 5) is 25.4. The smallest absolute Gasteiger partial charge is 0.303 e. The van der Waals surface area contributed by atoms with Crippen LogP contribution in [0.3, 0.4) is 0 Å². The zero-order chi connectivity index (χ0) is 12.8. The molecule has 0 aliphatic carbocycles. The van der Waals surface area contributed by atoms with Crippen LogP contribution in [0.2, 0.25) is 0 Å². The van der Waals surface area contributed by atoms with Crippen molar-refractivity contribution in [3.63, 3.8) is 0 Å². The average molecular weight is 237 g/mol. The van der Waals surface area contributed by atoms with Gasteiger partial charge in [0.2, 0.25) is 5.91 Å². The number of nitrogens with zero attached hydrogens (tertiary/aromatic N) is 1. The number of carboxylic acids is 1. The Labute approximate surface area is 98.8 Å². The summed E-state index contributed by atoms with van der Waals surface area (Å²) in [6, 6.07) is 3.06. The molecular formula is C11H15N3O3. The molecule has 1 amide bonds. The summed E-state index contributed by atoms with van der Waals surface area (Å²) < 4.78 is 0. The molecule has 1 rings (SSSR count). The number of hydrogen-bond donors (Lipinski definition) is 3. The number of amides is 1. The zero-order valence-electron chi connectivity index (χ0n) is 9.51.